The van der Waals surface area contributed by atoms with Gasteiger partial charge in [0.05, 0.1) is 0 Å². The Morgan fingerprint density at radius 1 is 0.870 bits per heavy atom. The van der Waals surface area contributed by atoms with Gasteiger partial charge in [0, 0.05) is 25.8 Å². The fourth-order valence-electron chi connectivity index (χ4n) is 2.91. The first-order chi connectivity index (χ1) is 11.2. The van der Waals surface area contributed by atoms with Crippen LogP contribution in [-0.2, 0) is 4.74 Å². The van der Waals surface area contributed by atoms with E-state index < -0.39 is 0 Å². The van der Waals surface area contributed by atoms with Gasteiger partial charge in [-0.15, -0.1) is 0 Å². The molecule has 1 aliphatic rings. The summed E-state index contributed by atoms with van der Waals surface area (Å²) in [5.74, 6) is 0.863. The lowest BCUT2D eigenvalue weighted by atomic mass is 9.88. The predicted octanol–water partition coefficient (Wildman–Crippen LogP) is 6.58. The molecule has 0 aliphatic carbocycles. The molecule has 0 spiro atoms. The third-order valence-electron chi connectivity index (χ3n) is 4.47. The third-order valence-corrected chi connectivity index (χ3v) is 4.47. The number of hydrogen-bond donors (Lipinski definition) is 1. The van der Waals surface area contributed by atoms with Gasteiger partial charge < -0.3 is 10.1 Å². The first-order valence-electron chi connectivity index (χ1n) is 10.4. The maximum Gasteiger partial charge on any atom is 0.0462 e. The summed E-state index contributed by atoms with van der Waals surface area (Å²) in [5.41, 5.74) is 0. The highest BCUT2D eigenvalue weighted by atomic mass is 16.5. The largest absolute Gasteiger partial charge is 0.385 e. The number of methoxy groups -OCH3 is 1. The number of nitrogens with one attached hydrogen (secondary N) is 1. The molecule has 1 aliphatic heterocycles. The van der Waals surface area contributed by atoms with Crippen LogP contribution in [0.2, 0.25) is 0 Å². The van der Waals surface area contributed by atoms with Crippen LogP contribution in [0.3, 0.4) is 0 Å². The van der Waals surface area contributed by atoms with Crippen LogP contribution in [0, 0.1) is 5.92 Å². The lowest BCUT2D eigenvalue weighted by Gasteiger charge is -2.33. The molecule has 1 heterocycles. The molecule has 2 heteroatoms. The average Bonchev–Trinajstić information content (AvgIpc) is 2.56. The monoisotopic (exact) mass is 329 g/mol. The van der Waals surface area contributed by atoms with Crippen molar-refractivity contribution >= 4 is 0 Å². The number of piperidine rings is 1. The van der Waals surface area contributed by atoms with Crippen molar-refractivity contribution in [2.45, 2.75) is 118 Å². The summed E-state index contributed by atoms with van der Waals surface area (Å²) < 4.78 is 5.06. The number of hydrogen-bond acceptors (Lipinski definition) is 2. The van der Waals surface area contributed by atoms with Crippen molar-refractivity contribution in [3.8, 4) is 0 Å². The van der Waals surface area contributed by atoms with Gasteiger partial charge in [-0.1, -0.05) is 73.1 Å². The highest BCUT2D eigenvalue weighted by Gasteiger charge is 2.22. The van der Waals surface area contributed by atoms with Crippen LogP contribution < -0.4 is 5.32 Å². The van der Waals surface area contributed by atoms with Gasteiger partial charge in [-0.25, -0.2) is 0 Å². The highest BCUT2D eigenvalue weighted by molar-refractivity contribution is 4.81. The van der Waals surface area contributed by atoms with Crippen LogP contribution in [0.25, 0.3) is 0 Å². The fourth-order valence-corrected chi connectivity index (χ4v) is 2.91. The molecule has 0 aromatic carbocycles. The molecule has 0 bridgehead atoms. The zero-order valence-electron chi connectivity index (χ0n) is 17.4. The van der Waals surface area contributed by atoms with Gasteiger partial charge in [0.1, 0.15) is 0 Å². The van der Waals surface area contributed by atoms with E-state index in [1.807, 2.05) is 13.8 Å². The van der Waals surface area contributed by atoms with Gasteiger partial charge in [0.2, 0.25) is 0 Å². The standard InChI is InChI=1S/C16H33NO.C3H8.C2H6/c1-14-11-12-16(17-15(14)2)10-8-6-4-5-7-9-13-18-3;1-3-2;1-2/h14-17H,4-13H2,1-3H3;3H2,1-2H3;1-2H3/t14?,15-,16+;;/m0../s1. The summed E-state index contributed by atoms with van der Waals surface area (Å²) in [6.45, 7) is 13.9. The van der Waals surface area contributed by atoms with E-state index in [1.54, 1.807) is 7.11 Å². The molecule has 142 valence electrons. The molecule has 1 fully saturated rings. The van der Waals surface area contributed by atoms with Crippen molar-refractivity contribution in [1.82, 2.24) is 5.32 Å². The molecular formula is C21H47NO. The molecular weight excluding hydrogens is 282 g/mol. The third kappa shape index (κ3) is 16.6. The van der Waals surface area contributed by atoms with Gasteiger partial charge in [0.25, 0.3) is 0 Å². The van der Waals surface area contributed by atoms with Gasteiger partial charge in [-0.05, 0) is 38.5 Å². The molecule has 0 aromatic rings. The smallest absolute Gasteiger partial charge is 0.0462 e. The number of rotatable bonds is 9. The summed E-state index contributed by atoms with van der Waals surface area (Å²) >= 11 is 0. The predicted molar refractivity (Wildman–Crippen MR) is 106 cm³/mol. The van der Waals surface area contributed by atoms with Gasteiger partial charge >= 0.3 is 0 Å². The van der Waals surface area contributed by atoms with Crippen molar-refractivity contribution in [1.29, 1.82) is 0 Å². The number of unbranched alkanes of at least 4 members (excludes halogenated alkanes) is 5. The minimum atomic E-state index is 0.720. The molecule has 0 aromatic heterocycles. The first kappa shape index (κ1) is 25.2. The quantitative estimate of drug-likeness (QED) is 0.482. The minimum Gasteiger partial charge on any atom is -0.385 e. The Labute approximate surface area is 148 Å². The molecule has 1 unspecified atom stereocenters. The van der Waals surface area contributed by atoms with Crippen molar-refractivity contribution in [2.75, 3.05) is 13.7 Å². The maximum atomic E-state index is 5.06. The van der Waals surface area contributed by atoms with Crippen LogP contribution >= 0.6 is 0 Å². The van der Waals surface area contributed by atoms with E-state index in [1.165, 1.54) is 64.2 Å². The van der Waals surface area contributed by atoms with E-state index >= 15 is 0 Å². The van der Waals surface area contributed by atoms with Crippen molar-refractivity contribution in [2.24, 2.45) is 5.92 Å². The van der Waals surface area contributed by atoms with E-state index in [4.69, 9.17) is 4.74 Å². The average molecular weight is 330 g/mol. The van der Waals surface area contributed by atoms with E-state index in [0.29, 0.717) is 0 Å². The molecule has 23 heavy (non-hydrogen) atoms. The van der Waals surface area contributed by atoms with Crippen molar-refractivity contribution in [3.63, 3.8) is 0 Å². The Bertz CT molecular complexity index is 208. The fraction of sp³-hybridized carbons (Fsp3) is 1.00. The lowest BCUT2D eigenvalue weighted by molar-refractivity contribution is 0.192. The van der Waals surface area contributed by atoms with Crippen LogP contribution in [0.1, 0.15) is 106 Å². The molecule has 1 rings (SSSR count). The Hall–Kier alpha value is -0.0800. The zero-order valence-corrected chi connectivity index (χ0v) is 17.4. The molecule has 1 saturated heterocycles. The van der Waals surface area contributed by atoms with E-state index in [9.17, 15) is 0 Å². The van der Waals surface area contributed by atoms with Gasteiger partial charge in [0.15, 0.2) is 0 Å². The minimum absolute atomic E-state index is 0.720. The highest BCUT2D eigenvalue weighted by Crippen LogP contribution is 2.22. The maximum absolute atomic E-state index is 5.06. The SMILES string of the molecule is CC.CCC.COCCCCCCCC[C@@H]1CCC(C)[C@H](C)N1. The Kier molecular flexibility index (Phi) is 21.8. The first-order valence-corrected chi connectivity index (χ1v) is 10.4. The molecule has 0 saturated carbocycles. The van der Waals surface area contributed by atoms with E-state index in [2.05, 4.69) is 33.0 Å². The van der Waals surface area contributed by atoms with Gasteiger partial charge in [-0.2, -0.15) is 0 Å². The zero-order chi connectivity index (χ0) is 17.9. The normalized spacial score (nSPS) is 23.3. The Morgan fingerprint density at radius 3 is 1.91 bits per heavy atom. The van der Waals surface area contributed by atoms with E-state index in [-0.39, 0.29) is 0 Å². The van der Waals surface area contributed by atoms with E-state index in [0.717, 1.165) is 24.6 Å². The molecule has 0 radical (unpaired) electrons. The van der Waals surface area contributed by atoms with Crippen molar-refractivity contribution < 1.29 is 4.74 Å². The summed E-state index contributed by atoms with van der Waals surface area (Å²) in [5, 5.41) is 3.77. The second kappa shape index (κ2) is 20.0. The van der Waals surface area contributed by atoms with Crippen LogP contribution in [0.4, 0.5) is 0 Å². The number of ether oxygens (including phenoxy) is 1. The second-order valence-electron chi connectivity index (χ2n) is 6.82. The lowest BCUT2D eigenvalue weighted by Crippen LogP contribution is -2.44. The Morgan fingerprint density at radius 2 is 1.39 bits per heavy atom. The molecule has 2 nitrogen and oxygen atoms in total. The Balaban J connectivity index is 0. The summed E-state index contributed by atoms with van der Waals surface area (Å²) in [7, 11) is 1.79. The topological polar surface area (TPSA) is 21.3 Å². The second-order valence-corrected chi connectivity index (χ2v) is 6.82. The molecule has 0 amide bonds. The van der Waals surface area contributed by atoms with Crippen LogP contribution in [-0.4, -0.2) is 25.8 Å². The summed E-state index contributed by atoms with van der Waals surface area (Å²) in [6, 6.07) is 1.52. The van der Waals surface area contributed by atoms with Crippen molar-refractivity contribution in [3.05, 3.63) is 0 Å². The molecule has 1 N–H and O–H groups in total. The summed E-state index contributed by atoms with van der Waals surface area (Å²) in [6.07, 6.45) is 13.6. The summed E-state index contributed by atoms with van der Waals surface area (Å²) in [4.78, 5) is 0. The van der Waals surface area contributed by atoms with Gasteiger partial charge in [-0.3, -0.25) is 0 Å². The van der Waals surface area contributed by atoms with Crippen LogP contribution in [0.5, 0.6) is 0 Å². The van der Waals surface area contributed by atoms with Crippen LogP contribution in [0.15, 0.2) is 0 Å². The molecule has 3 atom stereocenters.